The summed E-state index contributed by atoms with van der Waals surface area (Å²) in [5.74, 6) is -0.653. The van der Waals surface area contributed by atoms with Gasteiger partial charge in [-0.25, -0.2) is 4.90 Å². The van der Waals surface area contributed by atoms with Crippen molar-refractivity contribution in [1.29, 1.82) is 0 Å². The minimum atomic E-state index is -0.327. The van der Waals surface area contributed by atoms with Crippen molar-refractivity contribution >= 4 is 46.4 Å². The van der Waals surface area contributed by atoms with Crippen molar-refractivity contribution in [2.24, 2.45) is 0 Å². The molecular weight excluding hydrogens is 414 g/mol. The smallest absolute Gasteiger partial charge is 0.268 e. The fourth-order valence-corrected chi connectivity index (χ4v) is 4.60. The summed E-state index contributed by atoms with van der Waals surface area (Å²) in [4.78, 5) is 29.6. The Balaban J connectivity index is 1.88. The van der Waals surface area contributed by atoms with Gasteiger partial charge in [0.1, 0.15) is 0 Å². The fourth-order valence-electron chi connectivity index (χ4n) is 3.42. The number of aryl methyl sites for hydroxylation is 2. The Morgan fingerprint density at radius 2 is 1.53 bits per heavy atom. The van der Waals surface area contributed by atoms with Crippen molar-refractivity contribution in [2.45, 2.75) is 25.7 Å². The molecule has 0 aliphatic carbocycles. The second-order valence-corrected chi connectivity index (χ2v) is 8.74. The summed E-state index contributed by atoms with van der Waals surface area (Å²) >= 11 is 7.60. The molecule has 0 radical (unpaired) electrons. The quantitative estimate of drug-likeness (QED) is 0.450. The molecule has 2 amide bonds. The van der Waals surface area contributed by atoms with Crippen LogP contribution >= 0.6 is 23.4 Å². The van der Waals surface area contributed by atoms with E-state index in [4.69, 9.17) is 11.6 Å². The van der Waals surface area contributed by atoms with E-state index in [1.165, 1.54) is 16.7 Å². The Kier molecular flexibility index (Phi) is 5.54. The number of halogens is 1. The van der Waals surface area contributed by atoms with Crippen molar-refractivity contribution in [1.82, 2.24) is 0 Å². The van der Waals surface area contributed by atoms with Gasteiger partial charge < -0.3 is 0 Å². The number of anilines is 1. The second kappa shape index (κ2) is 8.13. The van der Waals surface area contributed by atoms with Gasteiger partial charge in [0, 0.05) is 9.92 Å². The molecule has 5 heteroatoms. The Bertz CT molecular complexity index is 1200. The van der Waals surface area contributed by atoms with Gasteiger partial charge in [-0.05, 0) is 67.3 Å². The highest BCUT2D eigenvalue weighted by Crippen LogP contribution is 2.42. The van der Waals surface area contributed by atoms with Crippen LogP contribution in [0.25, 0.3) is 5.57 Å². The monoisotopic (exact) mass is 433 g/mol. The van der Waals surface area contributed by atoms with Crippen LogP contribution in [0.2, 0.25) is 5.02 Å². The molecule has 3 nitrogen and oxygen atoms in total. The van der Waals surface area contributed by atoms with Crippen LogP contribution in [0, 0.1) is 20.8 Å². The highest BCUT2D eigenvalue weighted by molar-refractivity contribution is 8.04. The zero-order valence-corrected chi connectivity index (χ0v) is 18.5. The van der Waals surface area contributed by atoms with Gasteiger partial charge in [-0.1, -0.05) is 65.8 Å². The number of nitrogens with zero attached hydrogens (tertiary/aromatic N) is 1. The number of imide groups is 1. The van der Waals surface area contributed by atoms with Gasteiger partial charge in [0.25, 0.3) is 11.8 Å². The highest BCUT2D eigenvalue weighted by Gasteiger charge is 2.41. The number of rotatable bonds is 4. The highest BCUT2D eigenvalue weighted by atomic mass is 35.5. The van der Waals surface area contributed by atoms with Crippen LogP contribution in [0.4, 0.5) is 5.69 Å². The average molecular weight is 434 g/mol. The molecule has 3 aromatic rings. The predicted molar refractivity (Wildman–Crippen MR) is 124 cm³/mol. The topological polar surface area (TPSA) is 37.4 Å². The van der Waals surface area contributed by atoms with Gasteiger partial charge in [-0.3, -0.25) is 9.59 Å². The van der Waals surface area contributed by atoms with E-state index in [9.17, 15) is 9.59 Å². The largest absolute Gasteiger partial charge is 0.272 e. The van der Waals surface area contributed by atoms with Crippen molar-refractivity contribution in [2.75, 3.05) is 4.90 Å². The summed E-state index contributed by atoms with van der Waals surface area (Å²) in [7, 11) is 0. The Hall–Kier alpha value is -2.82. The van der Waals surface area contributed by atoms with Crippen LogP contribution in [0.15, 0.2) is 76.5 Å². The van der Waals surface area contributed by atoms with Crippen molar-refractivity contribution in [3.8, 4) is 0 Å². The summed E-state index contributed by atoms with van der Waals surface area (Å²) in [6.45, 7) is 5.84. The van der Waals surface area contributed by atoms with E-state index in [0.29, 0.717) is 26.8 Å². The minimum absolute atomic E-state index is 0.326. The van der Waals surface area contributed by atoms with Crippen LogP contribution in [0.5, 0.6) is 0 Å². The molecule has 0 N–H and O–H groups in total. The SMILES string of the molecule is Cc1ccc(C2=C(Sc3ccccc3)C(=O)N(c3cccc(Cl)c3C)C2=O)cc1C. The lowest BCUT2D eigenvalue weighted by atomic mass is 10.0. The first-order valence-electron chi connectivity index (χ1n) is 9.57. The number of carbonyl (C=O) groups excluding carboxylic acids is 2. The number of carbonyl (C=O) groups is 2. The lowest BCUT2D eigenvalue weighted by Crippen LogP contribution is -2.32. The first-order valence-corrected chi connectivity index (χ1v) is 10.8. The first-order chi connectivity index (χ1) is 14.4. The van der Waals surface area contributed by atoms with Gasteiger partial charge in [0.2, 0.25) is 0 Å². The van der Waals surface area contributed by atoms with Crippen LogP contribution in [0.1, 0.15) is 22.3 Å². The fraction of sp³-hybridized carbons (Fsp3) is 0.120. The zero-order chi connectivity index (χ0) is 21.4. The zero-order valence-electron chi connectivity index (χ0n) is 16.9. The van der Waals surface area contributed by atoms with Gasteiger partial charge in [-0.2, -0.15) is 0 Å². The van der Waals surface area contributed by atoms with Gasteiger partial charge in [0.15, 0.2) is 0 Å². The number of amides is 2. The molecule has 4 rings (SSSR count). The van der Waals surface area contributed by atoms with Crippen LogP contribution in [-0.2, 0) is 9.59 Å². The lowest BCUT2D eigenvalue weighted by Gasteiger charge is -2.18. The summed E-state index contributed by atoms with van der Waals surface area (Å²) in [5, 5.41) is 0.519. The van der Waals surface area contributed by atoms with Gasteiger partial charge >= 0.3 is 0 Å². The van der Waals surface area contributed by atoms with E-state index in [2.05, 4.69) is 0 Å². The summed E-state index contributed by atoms with van der Waals surface area (Å²) in [6, 6.07) is 20.7. The van der Waals surface area contributed by atoms with Crippen LogP contribution < -0.4 is 4.90 Å². The van der Waals surface area contributed by atoms with E-state index in [0.717, 1.165) is 21.6 Å². The number of hydrogen-bond donors (Lipinski definition) is 0. The summed E-state index contributed by atoms with van der Waals surface area (Å²) < 4.78 is 0. The molecule has 0 bridgehead atoms. The van der Waals surface area contributed by atoms with E-state index in [1.807, 2.05) is 69.3 Å². The van der Waals surface area contributed by atoms with Crippen LogP contribution in [-0.4, -0.2) is 11.8 Å². The number of benzene rings is 3. The van der Waals surface area contributed by atoms with Crippen LogP contribution in [0.3, 0.4) is 0 Å². The van der Waals surface area contributed by atoms with E-state index >= 15 is 0 Å². The molecule has 3 aromatic carbocycles. The summed E-state index contributed by atoms with van der Waals surface area (Å²) in [5.41, 5.74) is 4.60. The molecule has 0 aromatic heterocycles. The molecule has 150 valence electrons. The average Bonchev–Trinajstić information content (AvgIpc) is 2.97. The molecule has 30 heavy (non-hydrogen) atoms. The Morgan fingerprint density at radius 3 is 2.23 bits per heavy atom. The minimum Gasteiger partial charge on any atom is -0.268 e. The third-order valence-corrected chi connectivity index (χ3v) is 6.78. The van der Waals surface area contributed by atoms with Crippen molar-refractivity contribution < 1.29 is 9.59 Å². The van der Waals surface area contributed by atoms with Crippen molar-refractivity contribution in [3.63, 3.8) is 0 Å². The standard InChI is InChI=1S/C25H20ClNO2S/c1-15-12-13-18(14-16(15)2)22-23(30-19-8-5-4-6-9-19)25(29)27(24(22)28)21-11-7-10-20(26)17(21)3/h4-14H,1-3H3. The van der Waals surface area contributed by atoms with E-state index in [1.54, 1.807) is 18.2 Å². The van der Waals surface area contributed by atoms with Gasteiger partial charge in [-0.15, -0.1) is 0 Å². The molecule has 0 unspecified atom stereocenters. The van der Waals surface area contributed by atoms with Gasteiger partial charge in [0.05, 0.1) is 16.2 Å². The first kappa shape index (κ1) is 20.5. The van der Waals surface area contributed by atoms with E-state index in [-0.39, 0.29) is 11.8 Å². The summed E-state index contributed by atoms with van der Waals surface area (Å²) in [6.07, 6.45) is 0. The second-order valence-electron chi connectivity index (χ2n) is 7.25. The third kappa shape index (κ3) is 3.57. The maximum Gasteiger partial charge on any atom is 0.272 e. The molecule has 1 aliphatic heterocycles. The number of thioether (sulfide) groups is 1. The van der Waals surface area contributed by atoms with E-state index < -0.39 is 0 Å². The Labute approximate surface area is 185 Å². The molecule has 0 saturated carbocycles. The molecule has 0 spiro atoms. The molecular formula is C25H20ClNO2S. The maximum absolute atomic E-state index is 13.6. The maximum atomic E-state index is 13.6. The molecule has 0 fully saturated rings. The predicted octanol–water partition coefficient (Wildman–Crippen LogP) is 6.34. The normalized spacial score (nSPS) is 14.1. The molecule has 1 heterocycles. The molecule has 0 atom stereocenters. The number of hydrogen-bond acceptors (Lipinski definition) is 3. The third-order valence-electron chi connectivity index (χ3n) is 5.28. The Morgan fingerprint density at radius 1 is 0.800 bits per heavy atom. The lowest BCUT2D eigenvalue weighted by molar-refractivity contribution is -0.119. The molecule has 0 saturated heterocycles. The van der Waals surface area contributed by atoms with Crippen molar-refractivity contribution in [3.05, 3.63) is 98.9 Å². The molecule has 1 aliphatic rings.